The average Bonchev–Trinajstić information content (AvgIpc) is 2.91. The molecule has 3 heteroatoms. The Morgan fingerprint density at radius 2 is 1.76 bits per heavy atom. The highest BCUT2D eigenvalue weighted by Gasteiger charge is 2.29. The molecular weight excluding hydrogens is 212 g/mol. The average molecular weight is 238 g/mol. The van der Waals surface area contributed by atoms with Crippen molar-refractivity contribution in [3.63, 3.8) is 0 Å². The van der Waals surface area contributed by atoms with E-state index >= 15 is 0 Å². The van der Waals surface area contributed by atoms with Gasteiger partial charge >= 0.3 is 0 Å². The first-order valence-electron chi connectivity index (χ1n) is 7.23. The van der Waals surface area contributed by atoms with Gasteiger partial charge in [-0.25, -0.2) is 0 Å². The third-order valence-electron chi connectivity index (χ3n) is 4.55. The van der Waals surface area contributed by atoms with Crippen LogP contribution < -0.4 is 0 Å². The van der Waals surface area contributed by atoms with E-state index in [1.807, 2.05) is 6.92 Å². The SMILES string of the molecule is CCC(=O)C(C)N1CCN(C2CCCC2)CC1. The molecule has 1 atom stereocenters. The monoisotopic (exact) mass is 238 g/mol. The highest BCUT2D eigenvalue weighted by Crippen LogP contribution is 2.24. The summed E-state index contributed by atoms with van der Waals surface area (Å²) >= 11 is 0. The van der Waals surface area contributed by atoms with Crippen LogP contribution in [0.5, 0.6) is 0 Å². The Labute approximate surface area is 105 Å². The van der Waals surface area contributed by atoms with E-state index in [0.29, 0.717) is 12.2 Å². The minimum atomic E-state index is 0.130. The molecule has 0 aromatic heterocycles. The molecule has 0 amide bonds. The summed E-state index contributed by atoms with van der Waals surface area (Å²) in [5.41, 5.74) is 0. The molecule has 0 aromatic rings. The molecule has 17 heavy (non-hydrogen) atoms. The fourth-order valence-electron chi connectivity index (χ4n) is 3.26. The smallest absolute Gasteiger partial charge is 0.149 e. The molecule has 2 aliphatic rings. The van der Waals surface area contributed by atoms with Gasteiger partial charge in [-0.15, -0.1) is 0 Å². The quantitative estimate of drug-likeness (QED) is 0.747. The van der Waals surface area contributed by atoms with E-state index in [-0.39, 0.29) is 6.04 Å². The predicted octanol–water partition coefficient (Wildman–Crippen LogP) is 1.91. The lowest BCUT2D eigenvalue weighted by molar-refractivity contribution is -0.124. The lowest BCUT2D eigenvalue weighted by Gasteiger charge is -2.40. The van der Waals surface area contributed by atoms with Crippen molar-refractivity contribution in [1.82, 2.24) is 9.80 Å². The van der Waals surface area contributed by atoms with Crippen molar-refractivity contribution in [1.29, 1.82) is 0 Å². The molecule has 0 bridgehead atoms. The highest BCUT2D eigenvalue weighted by atomic mass is 16.1. The second kappa shape index (κ2) is 5.96. The van der Waals surface area contributed by atoms with Crippen LogP contribution in [0, 0.1) is 0 Å². The van der Waals surface area contributed by atoms with E-state index in [1.54, 1.807) is 0 Å². The van der Waals surface area contributed by atoms with E-state index < -0.39 is 0 Å². The minimum absolute atomic E-state index is 0.130. The van der Waals surface area contributed by atoms with Crippen LogP contribution in [-0.4, -0.2) is 53.8 Å². The van der Waals surface area contributed by atoms with Gasteiger partial charge in [0.1, 0.15) is 5.78 Å². The van der Waals surface area contributed by atoms with Gasteiger partial charge in [-0.2, -0.15) is 0 Å². The molecule has 1 unspecified atom stereocenters. The zero-order valence-corrected chi connectivity index (χ0v) is 11.3. The Balaban J connectivity index is 1.79. The standard InChI is InChI=1S/C14H26N2O/c1-3-14(17)12(2)15-8-10-16(11-9-15)13-6-4-5-7-13/h12-13H,3-11H2,1-2H3. The van der Waals surface area contributed by atoms with Gasteiger partial charge < -0.3 is 0 Å². The van der Waals surface area contributed by atoms with Gasteiger partial charge in [0.15, 0.2) is 0 Å². The van der Waals surface area contributed by atoms with Crippen molar-refractivity contribution < 1.29 is 4.79 Å². The number of nitrogens with zero attached hydrogens (tertiary/aromatic N) is 2. The summed E-state index contributed by atoms with van der Waals surface area (Å²) < 4.78 is 0. The Kier molecular flexibility index (Phi) is 4.57. The fourth-order valence-corrected chi connectivity index (χ4v) is 3.26. The molecule has 2 rings (SSSR count). The van der Waals surface area contributed by atoms with Gasteiger partial charge in [0.05, 0.1) is 6.04 Å². The molecule has 98 valence electrons. The number of carbonyl (C=O) groups is 1. The maximum Gasteiger partial charge on any atom is 0.149 e. The van der Waals surface area contributed by atoms with Crippen LogP contribution in [0.3, 0.4) is 0 Å². The summed E-state index contributed by atoms with van der Waals surface area (Å²) in [4.78, 5) is 16.7. The van der Waals surface area contributed by atoms with E-state index in [9.17, 15) is 4.79 Å². The zero-order chi connectivity index (χ0) is 12.3. The van der Waals surface area contributed by atoms with E-state index in [2.05, 4.69) is 16.7 Å². The van der Waals surface area contributed by atoms with Crippen LogP contribution in [0.25, 0.3) is 0 Å². The molecule has 0 N–H and O–H groups in total. The van der Waals surface area contributed by atoms with Crippen molar-refractivity contribution >= 4 is 5.78 Å². The summed E-state index contributed by atoms with van der Waals surface area (Å²) in [6.45, 7) is 8.50. The normalized spacial score (nSPS) is 26.2. The lowest BCUT2D eigenvalue weighted by atomic mass is 10.1. The molecule has 1 saturated carbocycles. The molecule has 3 nitrogen and oxygen atoms in total. The molecule has 1 aliphatic heterocycles. The van der Waals surface area contributed by atoms with Crippen LogP contribution in [0.15, 0.2) is 0 Å². The highest BCUT2D eigenvalue weighted by molar-refractivity contribution is 5.83. The Hall–Kier alpha value is -0.410. The number of hydrogen-bond donors (Lipinski definition) is 0. The second-order valence-electron chi connectivity index (χ2n) is 5.51. The first-order chi connectivity index (χ1) is 8.22. The van der Waals surface area contributed by atoms with Crippen molar-refractivity contribution in [3.8, 4) is 0 Å². The van der Waals surface area contributed by atoms with Crippen LogP contribution in [-0.2, 0) is 4.79 Å². The maximum absolute atomic E-state index is 11.7. The van der Waals surface area contributed by atoms with Gasteiger partial charge in [-0.1, -0.05) is 19.8 Å². The molecule has 0 aromatic carbocycles. The molecule has 1 aliphatic carbocycles. The van der Waals surface area contributed by atoms with Crippen molar-refractivity contribution in [2.75, 3.05) is 26.2 Å². The zero-order valence-electron chi connectivity index (χ0n) is 11.3. The largest absolute Gasteiger partial charge is 0.298 e. The van der Waals surface area contributed by atoms with Crippen molar-refractivity contribution in [2.45, 2.75) is 58.0 Å². The first kappa shape index (κ1) is 13.0. The molecule has 0 spiro atoms. The van der Waals surface area contributed by atoms with Crippen molar-refractivity contribution in [2.24, 2.45) is 0 Å². The Morgan fingerprint density at radius 3 is 2.29 bits per heavy atom. The molecule has 2 fully saturated rings. The summed E-state index contributed by atoms with van der Waals surface area (Å²) in [6, 6.07) is 0.972. The Morgan fingerprint density at radius 1 is 1.18 bits per heavy atom. The van der Waals surface area contributed by atoms with E-state index in [4.69, 9.17) is 0 Å². The number of piperazine rings is 1. The summed E-state index contributed by atoms with van der Waals surface area (Å²) in [5.74, 6) is 0.388. The third-order valence-corrected chi connectivity index (χ3v) is 4.55. The van der Waals surface area contributed by atoms with E-state index in [0.717, 1.165) is 32.2 Å². The third kappa shape index (κ3) is 3.08. The fraction of sp³-hybridized carbons (Fsp3) is 0.929. The van der Waals surface area contributed by atoms with Gasteiger partial charge in [0.25, 0.3) is 0 Å². The van der Waals surface area contributed by atoms with Crippen LogP contribution in [0.1, 0.15) is 46.0 Å². The number of Topliss-reactive ketones (excluding diaryl/α,β-unsaturated/α-hetero) is 1. The molecular formula is C14H26N2O. The maximum atomic E-state index is 11.7. The van der Waals surface area contributed by atoms with Crippen LogP contribution in [0.2, 0.25) is 0 Å². The number of hydrogen-bond acceptors (Lipinski definition) is 3. The topological polar surface area (TPSA) is 23.6 Å². The molecule has 1 heterocycles. The predicted molar refractivity (Wildman–Crippen MR) is 70.2 cm³/mol. The summed E-state index contributed by atoms with van der Waals surface area (Å²) in [5, 5.41) is 0. The van der Waals surface area contributed by atoms with Crippen LogP contribution >= 0.6 is 0 Å². The van der Waals surface area contributed by atoms with Gasteiger partial charge in [-0.05, 0) is 19.8 Å². The lowest BCUT2D eigenvalue weighted by Crippen LogP contribution is -2.53. The minimum Gasteiger partial charge on any atom is -0.298 e. The second-order valence-corrected chi connectivity index (χ2v) is 5.51. The number of ketones is 1. The number of rotatable bonds is 4. The molecule has 1 saturated heterocycles. The molecule has 0 radical (unpaired) electrons. The summed E-state index contributed by atoms with van der Waals surface area (Å²) in [7, 11) is 0. The van der Waals surface area contributed by atoms with Crippen molar-refractivity contribution in [3.05, 3.63) is 0 Å². The first-order valence-corrected chi connectivity index (χ1v) is 7.23. The van der Waals surface area contributed by atoms with E-state index in [1.165, 1.54) is 25.7 Å². The van der Waals surface area contributed by atoms with Crippen LogP contribution in [0.4, 0.5) is 0 Å². The summed E-state index contributed by atoms with van der Waals surface area (Å²) in [6.07, 6.45) is 6.28. The Bertz CT molecular complexity index is 253. The van der Waals surface area contributed by atoms with Gasteiger partial charge in [0.2, 0.25) is 0 Å². The number of carbonyl (C=O) groups excluding carboxylic acids is 1. The van der Waals surface area contributed by atoms with Gasteiger partial charge in [-0.3, -0.25) is 14.6 Å². The van der Waals surface area contributed by atoms with Gasteiger partial charge in [0, 0.05) is 38.6 Å².